The highest BCUT2D eigenvalue weighted by molar-refractivity contribution is 7.92. The Morgan fingerprint density at radius 2 is 1.44 bits per heavy atom. The van der Waals surface area contributed by atoms with E-state index in [9.17, 15) is 18.0 Å². The average Bonchev–Trinajstić information content (AvgIpc) is 3.06. The Labute approximate surface area is 274 Å². The van der Waals surface area contributed by atoms with Gasteiger partial charge in [0.05, 0.1) is 17.7 Å². The zero-order valence-corrected chi connectivity index (χ0v) is 27.4. The highest BCUT2D eigenvalue weighted by Gasteiger charge is 2.35. The second-order valence-electron chi connectivity index (χ2n) is 10.2. The van der Waals surface area contributed by atoms with Gasteiger partial charge in [-0.1, -0.05) is 84.7 Å². The molecule has 4 aromatic carbocycles. The fraction of sp³-hybridized carbons (Fsp3) is 0.235. The fourth-order valence-corrected chi connectivity index (χ4v) is 6.72. The van der Waals surface area contributed by atoms with Gasteiger partial charge in [-0.05, 0) is 60.5 Å². The van der Waals surface area contributed by atoms with Gasteiger partial charge >= 0.3 is 0 Å². The molecule has 45 heavy (non-hydrogen) atoms. The van der Waals surface area contributed by atoms with E-state index in [4.69, 9.17) is 27.9 Å². The summed E-state index contributed by atoms with van der Waals surface area (Å²) in [5, 5.41) is 3.54. The quantitative estimate of drug-likeness (QED) is 0.169. The minimum absolute atomic E-state index is 0.0100. The van der Waals surface area contributed by atoms with Crippen LogP contribution in [0.2, 0.25) is 10.0 Å². The lowest BCUT2D eigenvalue weighted by Gasteiger charge is -2.34. The number of ether oxygens (including phenoxy) is 1. The van der Waals surface area contributed by atoms with Gasteiger partial charge in [0.25, 0.3) is 10.0 Å². The lowest BCUT2D eigenvalue weighted by atomic mass is 10.0. The third-order valence-electron chi connectivity index (χ3n) is 7.18. The number of sulfonamides is 1. The summed E-state index contributed by atoms with van der Waals surface area (Å²) in [6.45, 7) is 1.60. The van der Waals surface area contributed by atoms with Gasteiger partial charge in [0, 0.05) is 35.1 Å². The summed E-state index contributed by atoms with van der Waals surface area (Å²) in [4.78, 5) is 29.6. The topological polar surface area (TPSA) is 96.0 Å². The van der Waals surface area contributed by atoms with Gasteiger partial charge in [-0.2, -0.15) is 0 Å². The van der Waals surface area contributed by atoms with Crippen LogP contribution in [0.5, 0.6) is 5.75 Å². The van der Waals surface area contributed by atoms with Gasteiger partial charge in [-0.3, -0.25) is 13.9 Å². The molecule has 2 amide bonds. The number of hydrogen-bond donors (Lipinski definition) is 1. The van der Waals surface area contributed by atoms with Crippen LogP contribution in [0.1, 0.15) is 24.5 Å². The van der Waals surface area contributed by atoms with Crippen molar-refractivity contribution in [1.29, 1.82) is 0 Å². The molecule has 11 heteroatoms. The van der Waals surface area contributed by atoms with Gasteiger partial charge in [-0.15, -0.1) is 0 Å². The SMILES string of the molecule is CCCNC(=O)C(Cc1ccccc1)N(Cc1c(Cl)cccc1Cl)C(=O)CN(c1ccc(OC)cc1)S(=O)(=O)c1ccccc1. The van der Waals surface area contributed by atoms with Crippen LogP contribution in [-0.2, 0) is 32.6 Å². The molecule has 0 saturated heterocycles. The van der Waals surface area contributed by atoms with E-state index >= 15 is 0 Å². The van der Waals surface area contributed by atoms with Crippen molar-refractivity contribution in [2.45, 2.75) is 37.2 Å². The lowest BCUT2D eigenvalue weighted by molar-refractivity contribution is -0.140. The molecule has 0 radical (unpaired) electrons. The summed E-state index contributed by atoms with van der Waals surface area (Å²) in [6.07, 6.45) is 0.868. The summed E-state index contributed by atoms with van der Waals surface area (Å²) in [5.41, 5.74) is 1.51. The van der Waals surface area contributed by atoms with Crippen LogP contribution >= 0.6 is 23.2 Å². The van der Waals surface area contributed by atoms with Crippen molar-refractivity contribution in [3.05, 3.63) is 124 Å². The van der Waals surface area contributed by atoms with E-state index in [0.717, 1.165) is 9.87 Å². The molecule has 0 aliphatic rings. The van der Waals surface area contributed by atoms with Crippen molar-refractivity contribution in [1.82, 2.24) is 10.2 Å². The molecule has 0 bridgehead atoms. The first kappa shape index (κ1) is 33.8. The Morgan fingerprint density at radius 1 is 0.844 bits per heavy atom. The van der Waals surface area contributed by atoms with Crippen LogP contribution in [0.3, 0.4) is 0 Å². The monoisotopic (exact) mass is 667 g/mol. The van der Waals surface area contributed by atoms with Crippen LogP contribution in [0, 0.1) is 0 Å². The maximum atomic E-state index is 14.5. The molecular formula is C34H35Cl2N3O5S. The molecule has 4 rings (SSSR count). The van der Waals surface area contributed by atoms with Gasteiger partial charge in [-0.25, -0.2) is 8.42 Å². The second kappa shape index (κ2) is 15.8. The Balaban J connectivity index is 1.82. The number of carbonyl (C=O) groups is 2. The molecule has 1 unspecified atom stereocenters. The van der Waals surface area contributed by atoms with Crippen molar-refractivity contribution in [3.63, 3.8) is 0 Å². The molecule has 0 spiro atoms. The summed E-state index contributed by atoms with van der Waals surface area (Å²) >= 11 is 13.1. The van der Waals surface area contributed by atoms with Crippen molar-refractivity contribution in [2.75, 3.05) is 24.5 Å². The minimum Gasteiger partial charge on any atom is -0.497 e. The van der Waals surface area contributed by atoms with Crippen LogP contribution in [0.25, 0.3) is 0 Å². The molecule has 8 nitrogen and oxygen atoms in total. The first-order chi connectivity index (χ1) is 21.6. The Bertz CT molecular complexity index is 1670. The molecule has 0 heterocycles. The van der Waals surface area contributed by atoms with Crippen LogP contribution < -0.4 is 14.4 Å². The van der Waals surface area contributed by atoms with Gasteiger partial charge in [0.1, 0.15) is 18.3 Å². The number of benzene rings is 4. The predicted octanol–water partition coefficient (Wildman–Crippen LogP) is 6.36. The van der Waals surface area contributed by atoms with Crippen LogP contribution in [0.15, 0.2) is 108 Å². The molecule has 1 N–H and O–H groups in total. The molecule has 4 aromatic rings. The molecule has 0 aliphatic heterocycles. The van der Waals surface area contributed by atoms with Crippen molar-refractivity contribution in [3.8, 4) is 5.75 Å². The number of rotatable bonds is 14. The van der Waals surface area contributed by atoms with Crippen molar-refractivity contribution < 1.29 is 22.7 Å². The van der Waals surface area contributed by atoms with E-state index in [0.29, 0.717) is 34.3 Å². The first-order valence-electron chi connectivity index (χ1n) is 14.4. The predicted molar refractivity (Wildman–Crippen MR) is 178 cm³/mol. The number of nitrogens with one attached hydrogen (secondary N) is 1. The molecule has 0 aromatic heterocycles. The van der Waals surface area contributed by atoms with Gasteiger partial charge in [0.15, 0.2) is 0 Å². The third-order valence-corrected chi connectivity index (χ3v) is 9.68. The molecule has 236 valence electrons. The maximum absolute atomic E-state index is 14.5. The van der Waals surface area contributed by atoms with Crippen LogP contribution in [0.4, 0.5) is 5.69 Å². The average molecular weight is 669 g/mol. The first-order valence-corrected chi connectivity index (χ1v) is 16.6. The van der Waals surface area contributed by atoms with Crippen LogP contribution in [-0.4, -0.2) is 51.4 Å². The van der Waals surface area contributed by atoms with E-state index in [-0.39, 0.29) is 29.5 Å². The maximum Gasteiger partial charge on any atom is 0.264 e. The number of amides is 2. The second-order valence-corrected chi connectivity index (χ2v) is 12.9. The zero-order chi connectivity index (χ0) is 32.4. The lowest BCUT2D eigenvalue weighted by Crippen LogP contribution is -2.53. The molecule has 0 aliphatic carbocycles. The van der Waals surface area contributed by atoms with Gasteiger partial charge < -0.3 is 15.0 Å². The van der Waals surface area contributed by atoms with E-state index in [2.05, 4.69) is 5.32 Å². The molecule has 0 fully saturated rings. The number of methoxy groups -OCH3 is 1. The summed E-state index contributed by atoms with van der Waals surface area (Å²) in [5.74, 6) is -0.472. The van der Waals surface area contributed by atoms with E-state index < -0.39 is 28.5 Å². The fourth-order valence-electron chi connectivity index (χ4n) is 4.77. The molecule has 0 saturated carbocycles. The van der Waals surface area contributed by atoms with E-state index in [1.807, 2.05) is 37.3 Å². The van der Waals surface area contributed by atoms with Crippen molar-refractivity contribution in [2.24, 2.45) is 0 Å². The Hall–Kier alpha value is -4.05. The number of halogens is 2. The number of hydrogen-bond acceptors (Lipinski definition) is 5. The summed E-state index contributed by atoms with van der Waals surface area (Å²) in [7, 11) is -2.71. The largest absolute Gasteiger partial charge is 0.497 e. The number of anilines is 1. The smallest absolute Gasteiger partial charge is 0.264 e. The summed E-state index contributed by atoms with van der Waals surface area (Å²) < 4.78 is 34.4. The third kappa shape index (κ3) is 8.57. The Kier molecular flexibility index (Phi) is 11.9. The van der Waals surface area contributed by atoms with E-state index in [1.165, 1.54) is 24.1 Å². The van der Waals surface area contributed by atoms with Crippen molar-refractivity contribution >= 4 is 50.7 Å². The minimum atomic E-state index is -4.22. The molecular weight excluding hydrogens is 633 g/mol. The highest BCUT2D eigenvalue weighted by atomic mass is 35.5. The standard InChI is InChI=1S/C34H35Cl2N3O5S/c1-3-21-37-34(41)32(22-25-11-6-4-7-12-25)38(23-29-30(35)15-10-16-31(29)36)33(40)24-39(26-17-19-27(44-2)20-18-26)45(42,43)28-13-8-5-9-14-28/h4-20,32H,3,21-24H2,1-2H3,(H,37,41). The highest BCUT2D eigenvalue weighted by Crippen LogP contribution is 2.29. The van der Waals surface area contributed by atoms with E-state index in [1.54, 1.807) is 60.7 Å². The van der Waals surface area contributed by atoms with Gasteiger partial charge in [0.2, 0.25) is 11.8 Å². The molecule has 1 atom stereocenters. The summed E-state index contributed by atoms with van der Waals surface area (Å²) in [6, 6.07) is 27.5. The zero-order valence-electron chi connectivity index (χ0n) is 25.0. The number of carbonyl (C=O) groups excluding carboxylic acids is 2. The Morgan fingerprint density at radius 3 is 2.02 bits per heavy atom. The normalized spacial score (nSPS) is 11.8. The number of nitrogens with zero attached hydrogens (tertiary/aromatic N) is 2.